The molecule has 1 aliphatic rings. The molecule has 0 saturated carbocycles. The van der Waals surface area contributed by atoms with Gasteiger partial charge in [-0.25, -0.2) is 0 Å². The first kappa shape index (κ1) is 13.9. The van der Waals surface area contributed by atoms with E-state index in [1.54, 1.807) is 4.90 Å². The lowest BCUT2D eigenvalue weighted by Gasteiger charge is -2.34. The van der Waals surface area contributed by atoms with E-state index in [0.717, 1.165) is 31.6 Å². The van der Waals surface area contributed by atoms with Crippen molar-refractivity contribution in [2.75, 3.05) is 19.8 Å². The predicted octanol–water partition coefficient (Wildman–Crippen LogP) is 1.83. The zero-order valence-electron chi connectivity index (χ0n) is 11.1. The molecule has 1 N–H and O–H groups in total. The molecule has 1 heterocycles. The smallest absolute Gasteiger partial charge is 0.226 e. The van der Waals surface area contributed by atoms with Crippen molar-refractivity contribution in [2.24, 2.45) is 0 Å². The minimum Gasteiger partial charge on any atom is -0.493 e. The molecule has 4 heteroatoms. The van der Waals surface area contributed by atoms with Gasteiger partial charge in [0.05, 0.1) is 25.7 Å². The third-order valence-electron chi connectivity index (χ3n) is 3.49. The van der Waals surface area contributed by atoms with Crippen molar-refractivity contribution in [3.05, 3.63) is 30.3 Å². The molecule has 0 radical (unpaired) electrons. The molecule has 1 aromatic rings. The number of para-hydroxylation sites is 1. The Morgan fingerprint density at radius 2 is 2.11 bits per heavy atom. The van der Waals surface area contributed by atoms with Crippen molar-refractivity contribution in [2.45, 2.75) is 31.7 Å². The van der Waals surface area contributed by atoms with Gasteiger partial charge in [-0.1, -0.05) is 18.2 Å². The van der Waals surface area contributed by atoms with E-state index >= 15 is 0 Å². The number of carbonyl (C=O) groups is 1. The maximum atomic E-state index is 12.1. The summed E-state index contributed by atoms with van der Waals surface area (Å²) >= 11 is 0. The Balaban J connectivity index is 1.77. The van der Waals surface area contributed by atoms with Crippen LogP contribution in [0.15, 0.2) is 30.3 Å². The molecule has 1 atom stereocenters. The normalized spacial score (nSPS) is 19.2. The van der Waals surface area contributed by atoms with Gasteiger partial charge in [-0.3, -0.25) is 4.79 Å². The summed E-state index contributed by atoms with van der Waals surface area (Å²) < 4.78 is 5.53. The molecule has 2 rings (SSSR count). The Labute approximate surface area is 114 Å². The number of piperidine rings is 1. The zero-order valence-corrected chi connectivity index (χ0v) is 11.1. The second-order valence-electron chi connectivity index (χ2n) is 4.83. The van der Waals surface area contributed by atoms with Crippen LogP contribution in [0.1, 0.15) is 25.7 Å². The highest BCUT2D eigenvalue weighted by Gasteiger charge is 2.25. The summed E-state index contributed by atoms with van der Waals surface area (Å²) in [6.07, 6.45) is 3.39. The van der Waals surface area contributed by atoms with E-state index in [0.29, 0.717) is 13.0 Å². The Hall–Kier alpha value is -1.55. The number of nitrogens with zero attached hydrogens (tertiary/aromatic N) is 1. The lowest BCUT2D eigenvalue weighted by Crippen LogP contribution is -2.46. The highest BCUT2D eigenvalue weighted by atomic mass is 16.5. The number of carbonyl (C=O) groups excluding carboxylic acids is 1. The van der Waals surface area contributed by atoms with Crippen LogP contribution in [0, 0.1) is 0 Å². The molecule has 1 aromatic carbocycles. The Bertz CT molecular complexity index is 394. The van der Waals surface area contributed by atoms with E-state index in [-0.39, 0.29) is 18.6 Å². The lowest BCUT2D eigenvalue weighted by molar-refractivity contribution is -0.136. The molecule has 0 aromatic heterocycles. The van der Waals surface area contributed by atoms with Crippen LogP contribution in [0.2, 0.25) is 0 Å². The number of rotatable bonds is 5. The van der Waals surface area contributed by atoms with Crippen LogP contribution in [-0.4, -0.2) is 41.7 Å². The monoisotopic (exact) mass is 263 g/mol. The van der Waals surface area contributed by atoms with E-state index in [9.17, 15) is 9.90 Å². The van der Waals surface area contributed by atoms with Crippen LogP contribution >= 0.6 is 0 Å². The number of aliphatic hydroxyl groups excluding tert-OH is 1. The van der Waals surface area contributed by atoms with Crippen LogP contribution in [-0.2, 0) is 4.79 Å². The average Bonchev–Trinajstić information content (AvgIpc) is 2.48. The van der Waals surface area contributed by atoms with Crippen molar-refractivity contribution in [1.29, 1.82) is 0 Å². The van der Waals surface area contributed by atoms with E-state index in [1.807, 2.05) is 30.3 Å². The summed E-state index contributed by atoms with van der Waals surface area (Å²) in [5.74, 6) is 0.863. The fourth-order valence-electron chi connectivity index (χ4n) is 2.44. The SMILES string of the molecule is O=C(CCOc1ccccc1)N1CCCCC1CO. The molecule has 19 heavy (non-hydrogen) atoms. The lowest BCUT2D eigenvalue weighted by atomic mass is 10.0. The van der Waals surface area contributed by atoms with Gasteiger partial charge in [0.25, 0.3) is 0 Å². The first-order chi connectivity index (χ1) is 9.31. The van der Waals surface area contributed by atoms with Gasteiger partial charge in [-0.05, 0) is 31.4 Å². The third kappa shape index (κ3) is 3.96. The van der Waals surface area contributed by atoms with Gasteiger partial charge in [0.2, 0.25) is 5.91 Å². The second kappa shape index (κ2) is 7.14. The summed E-state index contributed by atoms with van der Waals surface area (Å²) in [5.41, 5.74) is 0. The zero-order chi connectivity index (χ0) is 13.5. The quantitative estimate of drug-likeness (QED) is 0.881. The highest BCUT2D eigenvalue weighted by Crippen LogP contribution is 2.17. The largest absolute Gasteiger partial charge is 0.493 e. The summed E-state index contributed by atoms with van der Waals surface area (Å²) in [7, 11) is 0. The van der Waals surface area contributed by atoms with Crippen molar-refractivity contribution < 1.29 is 14.6 Å². The molecule has 1 fully saturated rings. The predicted molar refractivity (Wildman–Crippen MR) is 73.0 cm³/mol. The maximum absolute atomic E-state index is 12.1. The van der Waals surface area contributed by atoms with Gasteiger partial charge in [-0.2, -0.15) is 0 Å². The first-order valence-corrected chi connectivity index (χ1v) is 6.89. The van der Waals surface area contributed by atoms with E-state index in [4.69, 9.17) is 4.74 Å². The van der Waals surface area contributed by atoms with Crippen LogP contribution in [0.3, 0.4) is 0 Å². The topological polar surface area (TPSA) is 49.8 Å². The molecule has 1 aliphatic heterocycles. The minimum absolute atomic E-state index is 0.00187. The summed E-state index contributed by atoms with van der Waals surface area (Å²) in [5, 5.41) is 9.29. The molecule has 0 spiro atoms. The molecule has 1 amide bonds. The molecular formula is C15H21NO3. The molecule has 0 aliphatic carbocycles. The van der Waals surface area contributed by atoms with Gasteiger partial charge >= 0.3 is 0 Å². The summed E-state index contributed by atoms with van der Waals surface area (Å²) in [4.78, 5) is 13.9. The molecular weight excluding hydrogens is 242 g/mol. The van der Waals surface area contributed by atoms with Crippen molar-refractivity contribution >= 4 is 5.91 Å². The standard InChI is InChI=1S/C15H21NO3/c17-12-13-6-4-5-10-16(13)15(18)9-11-19-14-7-2-1-3-8-14/h1-3,7-8,13,17H,4-6,9-12H2. The molecule has 0 bridgehead atoms. The molecule has 4 nitrogen and oxygen atoms in total. The maximum Gasteiger partial charge on any atom is 0.226 e. The Morgan fingerprint density at radius 3 is 2.84 bits per heavy atom. The molecule has 104 valence electrons. The van der Waals surface area contributed by atoms with Gasteiger partial charge < -0.3 is 14.7 Å². The number of likely N-dealkylation sites (tertiary alicyclic amines) is 1. The van der Waals surface area contributed by atoms with Crippen LogP contribution < -0.4 is 4.74 Å². The average molecular weight is 263 g/mol. The summed E-state index contributed by atoms with van der Waals surface area (Å²) in [6, 6.07) is 9.49. The minimum atomic E-state index is -0.00187. The second-order valence-corrected chi connectivity index (χ2v) is 4.83. The number of aliphatic hydroxyl groups is 1. The van der Waals surface area contributed by atoms with Gasteiger partial charge in [0, 0.05) is 6.54 Å². The van der Waals surface area contributed by atoms with Crippen molar-refractivity contribution in [3.63, 3.8) is 0 Å². The van der Waals surface area contributed by atoms with E-state index < -0.39 is 0 Å². The number of benzene rings is 1. The highest BCUT2D eigenvalue weighted by molar-refractivity contribution is 5.76. The molecule has 1 saturated heterocycles. The Kier molecular flexibility index (Phi) is 5.21. The van der Waals surface area contributed by atoms with Crippen LogP contribution in [0.5, 0.6) is 5.75 Å². The Morgan fingerprint density at radius 1 is 1.32 bits per heavy atom. The fraction of sp³-hybridized carbons (Fsp3) is 0.533. The first-order valence-electron chi connectivity index (χ1n) is 6.89. The third-order valence-corrected chi connectivity index (χ3v) is 3.49. The fourth-order valence-corrected chi connectivity index (χ4v) is 2.44. The molecule has 1 unspecified atom stereocenters. The van der Waals surface area contributed by atoms with Gasteiger partial charge in [0.15, 0.2) is 0 Å². The number of hydrogen-bond donors (Lipinski definition) is 1. The van der Waals surface area contributed by atoms with Crippen LogP contribution in [0.4, 0.5) is 0 Å². The van der Waals surface area contributed by atoms with Crippen molar-refractivity contribution in [1.82, 2.24) is 4.90 Å². The van der Waals surface area contributed by atoms with Gasteiger partial charge in [0.1, 0.15) is 5.75 Å². The number of hydrogen-bond acceptors (Lipinski definition) is 3. The number of ether oxygens (including phenoxy) is 1. The van der Waals surface area contributed by atoms with E-state index in [1.165, 1.54) is 0 Å². The number of amides is 1. The van der Waals surface area contributed by atoms with Crippen LogP contribution in [0.25, 0.3) is 0 Å². The summed E-state index contributed by atoms with van der Waals surface area (Å²) in [6.45, 7) is 1.21. The van der Waals surface area contributed by atoms with E-state index in [2.05, 4.69) is 0 Å². The van der Waals surface area contributed by atoms with Crippen molar-refractivity contribution in [3.8, 4) is 5.75 Å². The van der Waals surface area contributed by atoms with Gasteiger partial charge in [-0.15, -0.1) is 0 Å².